The summed E-state index contributed by atoms with van der Waals surface area (Å²) in [5, 5.41) is 0. The number of halogens is 1. The molecule has 3 rings (SSSR count). The number of amides is 2. The molecule has 2 aromatic carbocycles. The van der Waals surface area contributed by atoms with Crippen molar-refractivity contribution in [3.63, 3.8) is 0 Å². The second-order valence-corrected chi connectivity index (χ2v) is 9.01. The van der Waals surface area contributed by atoms with Crippen LogP contribution in [0.2, 0.25) is 0 Å². The Kier molecular flexibility index (Phi) is 9.02. The smallest absolute Gasteiger partial charge is 0.242 e. The molecule has 0 radical (unpaired) electrons. The maximum absolute atomic E-state index is 13.5. The van der Waals surface area contributed by atoms with E-state index in [1.54, 1.807) is 17.0 Å². The van der Waals surface area contributed by atoms with Crippen LogP contribution in [0.3, 0.4) is 0 Å². The molecule has 0 saturated heterocycles. The molecule has 180 valence electrons. The van der Waals surface area contributed by atoms with Crippen molar-refractivity contribution in [3.05, 3.63) is 95.6 Å². The second kappa shape index (κ2) is 12.2. The molecule has 0 unspecified atom stereocenters. The number of aromatic nitrogens is 1. The summed E-state index contributed by atoms with van der Waals surface area (Å²) in [5.41, 5.74) is 2.99. The van der Waals surface area contributed by atoms with Gasteiger partial charge < -0.3 is 14.4 Å². The molecule has 2 amide bonds. The van der Waals surface area contributed by atoms with Crippen LogP contribution in [0.4, 0.5) is 4.39 Å². The maximum atomic E-state index is 13.5. The summed E-state index contributed by atoms with van der Waals surface area (Å²) in [7, 11) is 0. The Labute approximate surface area is 201 Å². The van der Waals surface area contributed by atoms with Crippen molar-refractivity contribution < 1.29 is 14.0 Å². The minimum atomic E-state index is -0.260. The van der Waals surface area contributed by atoms with E-state index in [4.69, 9.17) is 0 Å². The Morgan fingerprint density at radius 3 is 2.21 bits per heavy atom. The highest BCUT2D eigenvalue weighted by molar-refractivity contribution is 5.84. The Balaban J connectivity index is 1.81. The molecule has 3 aromatic rings. The van der Waals surface area contributed by atoms with Gasteiger partial charge in [0.2, 0.25) is 11.8 Å². The minimum Gasteiger partial charge on any atom is -0.345 e. The van der Waals surface area contributed by atoms with Crippen LogP contribution in [-0.4, -0.2) is 39.3 Å². The lowest BCUT2D eigenvalue weighted by Gasteiger charge is -2.29. The largest absolute Gasteiger partial charge is 0.345 e. The third kappa shape index (κ3) is 7.30. The van der Waals surface area contributed by atoms with Gasteiger partial charge in [-0.05, 0) is 41.3 Å². The van der Waals surface area contributed by atoms with Crippen LogP contribution in [-0.2, 0) is 29.2 Å². The van der Waals surface area contributed by atoms with E-state index < -0.39 is 0 Å². The molecule has 0 aliphatic heterocycles. The van der Waals surface area contributed by atoms with Crippen molar-refractivity contribution in [1.82, 2.24) is 14.4 Å². The van der Waals surface area contributed by atoms with Crippen molar-refractivity contribution in [2.45, 2.75) is 46.8 Å². The molecule has 0 atom stereocenters. The SMILES string of the molecule is CCC(=O)N(CC(=O)N(Cc1ccccc1)Cc1cccn1Cc1ccc(F)cc1)CC(C)C. The molecule has 0 fully saturated rings. The molecule has 5 nitrogen and oxygen atoms in total. The van der Waals surface area contributed by atoms with Crippen LogP contribution in [0.5, 0.6) is 0 Å². The number of hydrogen-bond donors (Lipinski definition) is 0. The van der Waals surface area contributed by atoms with Crippen LogP contribution < -0.4 is 0 Å². The van der Waals surface area contributed by atoms with Crippen molar-refractivity contribution in [2.75, 3.05) is 13.1 Å². The molecular formula is C28H34FN3O2. The second-order valence-electron chi connectivity index (χ2n) is 9.01. The highest BCUT2D eigenvalue weighted by Crippen LogP contribution is 2.15. The summed E-state index contributed by atoms with van der Waals surface area (Å²) in [4.78, 5) is 29.4. The number of nitrogens with zero attached hydrogens (tertiary/aromatic N) is 3. The van der Waals surface area contributed by atoms with E-state index in [1.807, 2.05) is 74.3 Å². The molecule has 34 heavy (non-hydrogen) atoms. The lowest BCUT2D eigenvalue weighted by Crippen LogP contribution is -2.43. The molecule has 0 N–H and O–H groups in total. The molecule has 0 saturated carbocycles. The van der Waals surface area contributed by atoms with Gasteiger partial charge in [-0.3, -0.25) is 9.59 Å². The van der Waals surface area contributed by atoms with Gasteiger partial charge in [0.25, 0.3) is 0 Å². The van der Waals surface area contributed by atoms with Crippen LogP contribution in [0.1, 0.15) is 44.0 Å². The zero-order valence-electron chi connectivity index (χ0n) is 20.3. The summed E-state index contributed by atoms with van der Waals surface area (Å²) < 4.78 is 15.4. The van der Waals surface area contributed by atoms with E-state index in [9.17, 15) is 14.0 Å². The Bertz CT molecular complexity index is 1060. The van der Waals surface area contributed by atoms with Gasteiger partial charge in [0, 0.05) is 37.9 Å². The summed E-state index contributed by atoms with van der Waals surface area (Å²) in [6.07, 6.45) is 2.34. The Morgan fingerprint density at radius 2 is 1.56 bits per heavy atom. The van der Waals surface area contributed by atoms with Crippen molar-refractivity contribution in [3.8, 4) is 0 Å². The molecule has 0 aliphatic rings. The monoisotopic (exact) mass is 463 g/mol. The van der Waals surface area contributed by atoms with Gasteiger partial charge in [0.1, 0.15) is 5.82 Å². The van der Waals surface area contributed by atoms with Gasteiger partial charge in [-0.25, -0.2) is 4.39 Å². The summed E-state index contributed by atoms with van der Waals surface area (Å²) >= 11 is 0. The van der Waals surface area contributed by atoms with E-state index in [2.05, 4.69) is 4.57 Å². The molecular weight excluding hydrogens is 429 g/mol. The predicted molar refractivity (Wildman–Crippen MR) is 132 cm³/mol. The fourth-order valence-electron chi connectivity index (χ4n) is 3.95. The Morgan fingerprint density at radius 1 is 0.853 bits per heavy atom. The van der Waals surface area contributed by atoms with Crippen LogP contribution >= 0.6 is 0 Å². The van der Waals surface area contributed by atoms with E-state index in [1.165, 1.54) is 12.1 Å². The first kappa shape index (κ1) is 25.2. The first-order valence-corrected chi connectivity index (χ1v) is 11.8. The predicted octanol–water partition coefficient (Wildman–Crippen LogP) is 5.10. The van der Waals surface area contributed by atoms with Gasteiger partial charge in [0.15, 0.2) is 0 Å². The van der Waals surface area contributed by atoms with Gasteiger partial charge in [-0.1, -0.05) is 63.2 Å². The average molecular weight is 464 g/mol. The van der Waals surface area contributed by atoms with Crippen molar-refractivity contribution in [1.29, 1.82) is 0 Å². The Hall–Kier alpha value is -3.41. The van der Waals surface area contributed by atoms with E-state index in [-0.39, 0.29) is 30.1 Å². The third-order valence-corrected chi connectivity index (χ3v) is 5.68. The summed E-state index contributed by atoms with van der Waals surface area (Å²) in [5.74, 6) is -0.0789. The zero-order chi connectivity index (χ0) is 24.5. The van der Waals surface area contributed by atoms with Gasteiger partial charge in [0.05, 0.1) is 13.1 Å². The first-order chi connectivity index (χ1) is 16.4. The van der Waals surface area contributed by atoms with Gasteiger partial charge in [-0.15, -0.1) is 0 Å². The van der Waals surface area contributed by atoms with Crippen molar-refractivity contribution in [2.24, 2.45) is 5.92 Å². The van der Waals surface area contributed by atoms with Crippen LogP contribution in [0.15, 0.2) is 72.9 Å². The topological polar surface area (TPSA) is 45.6 Å². The highest BCUT2D eigenvalue weighted by atomic mass is 19.1. The lowest BCUT2D eigenvalue weighted by atomic mass is 10.2. The fourth-order valence-corrected chi connectivity index (χ4v) is 3.95. The minimum absolute atomic E-state index is 0.0126. The number of rotatable bonds is 11. The van der Waals surface area contributed by atoms with E-state index in [0.717, 1.165) is 16.8 Å². The first-order valence-electron chi connectivity index (χ1n) is 11.8. The number of carbonyl (C=O) groups excluding carboxylic acids is 2. The quantitative estimate of drug-likeness (QED) is 0.397. The normalized spacial score (nSPS) is 11.0. The molecule has 0 bridgehead atoms. The lowest BCUT2D eigenvalue weighted by molar-refractivity contribution is -0.141. The van der Waals surface area contributed by atoms with E-state index >= 15 is 0 Å². The third-order valence-electron chi connectivity index (χ3n) is 5.68. The average Bonchev–Trinajstić information content (AvgIpc) is 3.26. The van der Waals surface area contributed by atoms with E-state index in [0.29, 0.717) is 32.6 Å². The maximum Gasteiger partial charge on any atom is 0.242 e. The molecule has 0 spiro atoms. The van der Waals surface area contributed by atoms with Crippen LogP contribution in [0, 0.1) is 11.7 Å². The molecule has 1 aromatic heterocycles. The highest BCUT2D eigenvalue weighted by Gasteiger charge is 2.22. The molecule has 6 heteroatoms. The van der Waals surface area contributed by atoms with Crippen molar-refractivity contribution >= 4 is 11.8 Å². The number of carbonyl (C=O) groups is 2. The molecule has 1 heterocycles. The zero-order valence-corrected chi connectivity index (χ0v) is 20.3. The van der Waals surface area contributed by atoms with Crippen LogP contribution in [0.25, 0.3) is 0 Å². The summed E-state index contributed by atoms with van der Waals surface area (Å²) in [6, 6.07) is 20.3. The van der Waals surface area contributed by atoms with Gasteiger partial charge >= 0.3 is 0 Å². The molecule has 0 aliphatic carbocycles. The van der Waals surface area contributed by atoms with Gasteiger partial charge in [-0.2, -0.15) is 0 Å². The summed E-state index contributed by atoms with van der Waals surface area (Å²) in [6.45, 7) is 7.99. The standard InChI is InChI=1S/C28H34FN3O2/c1-4-27(33)31(17-22(2)3)21-28(34)32(19-23-9-6-5-7-10-23)20-26-11-8-16-30(26)18-24-12-14-25(29)15-13-24/h5-16,22H,4,17-21H2,1-3H3. The number of hydrogen-bond acceptors (Lipinski definition) is 2. The fraction of sp³-hybridized carbons (Fsp3) is 0.357. The number of benzene rings is 2.